The van der Waals surface area contributed by atoms with E-state index in [-0.39, 0.29) is 93.5 Å². The molecule has 0 spiro atoms. The van der Waals surface area contributed by atoms with Crippen LogP contribution in [-0.4, -0.2) is 76.6 Å². The summed E-state index contributed by atoms with van der Waals surface area (Å²) in [6.45, 7) is 53.1. The summed E-state index contributed by atoms with van der Waals surface area (Å²) >= 11 is 0. The van der Waals surface area contributed by atoms with Crippen molar-refractivity contribution in [3.05, 3.63) is 0 Å². The Morgan fingerprint density at radius 1 is 0.165 bits per heavy atom. The molecule has 738 valence electrons. The van der Waals surface area contributed by atoms with Gasteiger partial charge in [0.1, 0.15) is 45.6 Å². The van der Waals surface area contributed by atoms with E-state index < -0.39 is 45.6 Å². The van der Waals surface area contributed by atoms with Gasteiger partial charge >= 0.3 is 0 Å². The fraction of sp³-hybridized carbons (Fsp3) is 1.00. The Morgan fingerprint density at radius 3 is 0.322 bits per heavy atom. The van der Waals surface area contributed by atoms with Crippen molar-refractivity contribution in [3.8, 4) is 0 Å². The summed E-state index contributed by atoms with van der Waals surface area (Å²) in [5, 5.41) is 0. The fourth-order valence-corrected chi connectivity index (χ4v) is 24.1. The molecule has 0 aliphatic rings. The van der Waals surface area contributed by atoms with Crippen molar-refractivity contribution in [1.29, 1.82) is 0 Å². The third-order valence-electron chi connectivity index (χ3n) is 24.5. The Morgan fingerprint density at radius 2 is 0.248 bits per heavy atom. The van der Waals surface area contributed by atoms with Crippen molar-refractivity contribution in [1.82, 2.24) is 0 Å². The van der Waals surface area contributed by atoms with Gasteiger partial charge in [0.05, 0.1) is 39.6 Å². The van der Waals surface area contributed by atoms with Crippen LogP contribution in [-0.2, 0) is 75.6 Å². The van der Waals surface area contributed by atoms with Gasteiger partial charge in [-0.3, -0.25) is 0 Å². The van der Waals surface area contributed by atoms with Crippen molar-refractivity contribution in [2.24, 2.45) is 71.0 Å². The molecule has 0 saturated heterocycles. The average molecular weight is 1930 g/mol. The SMILES string of the molecule is CCCCC(CC)COP(=O)([O-])CC(CC)CCCC.CCCCC(CC)COP(=O)([O-])CC(CC)CCCC.CCCCC(CC)COP(=O)([O-])CC(CC)CCCC.CCCCC(CC)COP(=O)([O-])CC(CC)CCCC.CCCCC(CC)COP(=O)([O-])CC(CC)CCCC.CCCCC(CC)COP(=O)([O-])CC(CC)CCCC.[Mo]. The molecule has 121 heavy (non-hydrogen) atoms. The smallest absolute Gasteiger partial charge is 0.135 e. The van der Waals surface area contributed by atoms with Gasteiger partial charge in [-0.25, -0.2) is 0 Å². The van der Waals surface area contributed by atoms with Gasteiger partial charge in [-0.15, -0.1) is 0 Å². The molecular weight excluding hydrogens is 1720 g/mol. The van der Waals surface area contributed by atoms with Crippen LogP contribution in [0.1, 0.15) is 474 Å². The van der Waals surface area contributed by atoms with Crippen LogP contribution in [0.4, 0.5) is 0 Å². The van der Waals surface area contributed by atoms with Crippen LogP contribution in [0.2, 0.25) is 0 Å². The Labute approximate surface area is 767 Å². The van der Waals surface area contributed by atoms with Crippen LogP contribution in [0.15, 0.2) is 0 Å². The predicted molar refractivity (Wildman–Crippen MR) is 510 cm³/mol. The molecule has 18 unspecified atom stereocenters. The molecule has 0 amide bonds. The molecule has 0 radical (unpaired) electrons. The quantitative estimate of drug-likeness (QED) is 0.0403. The van der Waals surface area contributed by atoms with Crippen molar-refractivity contribution >= 4 is 45.6 Å². The van der Waals surface area contributed by atoms with E-state index in [0.717, 1.165) is 308 Å². The maximum atomic E-state index is 12.1. The first-order valence-corrected chi connectivity index (χ1v) is 61.0. The van der Waals surface area contributed by atoms with Crippen LogP contribution < -0.4 is 29.4 Å². The summed E-state index contributed by atoms with van der Waals surface area (Å²) in [5.74, 6) is 3.84. The van der Waals surface area contributed by atoms with Crippen molar-refractivity contribution in [2.75, 3.05) is 76.6 Å². The van der Waals surface area contributed by atoms with Gasteiger partial charge in [-0.05, 0) is 148 Å². The van der Waals surface area contributed by atoms with E-state index in [9.17, 15) is 56.8 Å². The van der Waals surface area contributed by atoms with Crippen LogP contribution in [0, 0.1) is 71.0 Å². The minimum atomic E-state index is -3.65. The second kappa shape index (κ2) is 90.7. The normalized spacial score (nSPS) is 17.5. The minimum Gasteiger partial charge on any atom is -0.778 e. The molecule has 0 bridgehead atoms. The van der Waals surface area contributed by atoms with Crippen LogP contribution in [0.5, 0.6) is 0 Å². The molecule has 0 aliphatic carbocycles. The number of rotatable bonds is 78. The summed E-state index contributed by atoms with van der Waals surface area (Å²) < 4.78 is 104. The zero-order valence-corrected chi connectivity index (χ0v) is 91.2. The Hall–Kier alpha value is 1.59. The molecule has 0 heterocycles. The predicted octanol–water partition coefficient (Wildman–Crippen LogP) is 29.9. The molecule has 0 aromatic carbocycles. The van der Waals surface area contributed by atoms with Gasteiger partial charge in [0, 0.05) is 58.0 Å². The van der Waals surface area contributed by atoms with Crippen molar-refractivity contribution < 1.29 is 105 Å². The van der Waals surface area contributed by atoms with E-state index in [1.807, 2.05) is 0 Å². The zero-order valence-electron chi connectivity index (χ0n) is 83.8. The topological polar surface area (TPSA) is 296 Å². The third kappa shape index (κ3) is 89.2. The second-order valence-electron chi connectivity index (χ2n) is 35.5. The molecule has 0 aliphatic heterocycles. The fourth-order valence-electron chi connectivity index (χ4n) is 14.4. The zero-order chi connectivity index (χ0) is 92.6. The molecular formula is C96H204MoO18P6-6. The molecule has 25 heteroatoms. The molecule has 0 aromatic rings. The van der Waals surface area contributed by atoms with E-state index in [4.69, 9.17) is 27.1 Å². The van der Waals surface area contributed by atoms with E-state index in [0.29, 0.717) is 75.1 Å². The summed E-state index contributed by atoms with van der Waals surface area (Å²) in [6, 6.07) is 0. The Bertz CT molecular complexity index is 2040. The second-order valence-corrected chi connectivity index (χ2v) is 46.6. The Balaban J connectivity index is -0.000000257. The summed E-state index contributed by atoms with van der Waals surface area (Å²) in [7, 11) is -21.9. The maximum absolute atomic E-state index is 12.1. The molecule has 0 rings (SSSR count). The largest absolute Gasteiger partial charge is 0.778 e. The van der Waals surface area contributed by atoms with E-state index >= 15 is 0 Å². The molecule has 0 N–H and O–H groups in total. The van der Waals surface area contributed by atoms with Gasteiger partial charge in [-0.2, -0.15) is 0 Å². The molecule has 18 nitrogen and oxygen atoms in total. The maximum Gasteiger partial charge on any atom is 0.135 e. The van der Waals surface area contributed by atoms with Gasteiger partial charge < -0.3 is 83.9 Å². The van der Waals surface area contributed by atoms with Crippen LogP contribution in [0.25, 0.3) is 0 Å². The molecule has 0 fully saturated rings. The van der Waals surface area contributed by atoms with Crippen LogP contribution in [0.3, 0.4) is 0 Å². The van der Waals surface area contributed by atoms with E-state index in [1.54, 1.807) is 0 Å². The first kappa shape index (κ1) is 136. The standard InChI is InChI=1S/6C16H35O3P.Mo/c6*1-5-9-11-15(7-3)13-19-20(17,18)14-16(8-4)12-10-6-2;/h6*15-16H,5-14H2,1-4H3,(H,17,18);/p-6. The van der Waals surface area contributed by atoms with E-state index in [2.05, 4.69) is 166 Å². The van der Waals surface area contributed by atoms with Crippen LogP contribution >= 0.6 is 45.6 Å². The van der Waals surface area contributed by atoms with Gasteiger partial charge in [0.15, 0.2) is 0 Å². The summed E-state index contributed by atoms with van der Waals surface area (Å²) in [4.78, 5) is 72.4. The monoisotopic (exact) mass is 1930 g/mol. The average Bonchev–Trinajstić information content (AvgIpc) is 0.927. The number of hydrogen-bond acceptors (Lipinski definition) is 18. The minimum absolute atomic E-state index is 0. The van der Waals surface area contributed by atoms with Gasteiger partial charge in [0.25, 0.3) is 0 Å². The van der Waals surface area contributed by atoms with Gasteiger partial charge in [-0.1, -0.05) is 397 Å². The first-order valence-electron chi connectivity index (χ1n) is 50.6. The molecule has 18 atom stereocenters. The van der Waals surface area contributed by atoms with Crippen molar-refractivity contribution in [2.45, 2.75) is 474 Å². The van der Waals surface area contributed by atoms with Gasteiger partial charge in [0.2, 0.25) is 0 Å². The summed E-state index contributed by atoms with van der Waals surface area (Å²) in [6.07, 6.45) is 52.3. The van der Waals surface area contributed by atoms with E-state index in [1.165, 1.54) is 0 Å². The first-order chi connectivity index (χ1) is 56.9. The Kier molecular flexibility index (Phi) is 102. The summed E-state index contributed by atoms with van der Waals surface area (Å²) in [5.41, 5.74) is 0. The third-order valence-corrected chi connectivity index (χ3v) is 33.5. The number of hydrogen-bond donors (Lipinski definition) is 0. The molecule has 0 saturated carbocycles. The van der Waals surface area contributed by atoms with Crippen molar-refractivity contribution in [3.63, 3.8) is 0 Å². The number of unbranched alkanes of at least 4 members (excludes halogenated alkanes) is 12. The molecule has 0 aromatic heterocycles.